The van der Waals surface area contributed by atoms with E-state index in [4.69, 9.17) is 11.5 Å². The molecule has 2 atom stereocenters. The fourth-order valence-corrected chi connectivity index (χ4v) is 4.54. The minimum Gasteiger partial charge on any atom is -0.364 e. The van der Waals surface area contributed by atoms with Gasteiger partial charge in [-0.15, -0.1) is 12.4 Å². The molecule has 2 unspecified atom stereocenters. The summed E-state index contributed by atoms with van der Waals surface area (Å²) in [6.07, 6.45) is 7.00. The summed E-state index contributed by atoms with van der Waals surface area (Å²) in [6, 6.07) is 9.21. The van der Waals surface area contributed by atoms with E-state index in [-0.39, 0.29) is 36.0 Å². The summed E-state index contributed by atoms with van der Waals surface area (Å²) in [5.74, 6) is 0.532. The van der Waals surface area contributed by atoms with E-state index >= 15 is 0 Å². The minimum absolute atomic E-state index is 0. The Labute approximate surface area is 170 Å². The number of amides is 2. The number of aromatic nitrogens is 2. The second-order valence-corrected chi connectivity index (χ2v) is 7.74. The third kappa shape index (κ3) is 4.05. The fourth-order valence-electron chi connectivity index (χ4n) is 4.54. The van der Waals surface area contributed by atoms with Crippen molar-refractivity contribution in [3.63, 3.8) is 0 Å². The standard InChI is InChI=1S/C20H25N5O2.ClH/c21-18-12-2-1-3-13(18)11-14(10-12)20(27)23-15-4-6-16(7-5-15)25-9-8-17(24-25)19(22)26;/h4-9,12-14,18H,1-3,10-11,21H2,(H2,22,26)(H,23,27);1H. The molecule has 2 fully saturated rings. The zero-order chi connectivity index (χ0) is 19.0. The van der Waals surface area contributed by atoms with Crippen molar-refractivity contribution < 1.29 is 9.59 Å². The van der Waals surface area contributed by atoms with Crippen LogP contribution in [0.1, 0.15) is 42.6 Å². The van der Waals surface area contributed by atoms with Crippen LogP contribution in [-0.2, 0) is 4.79 Å². The van der Waals surface area contributed by atoms with E-state index in [0.717, 1.165) is 37.1 Å². The summed E-state index contributed by atoms with van der Waals surface area (Å²) >= 11 is 0. The molecule has 1 aromatic carbocycles. The van der Waals surface area contributed by atoms with Crippen LogP contribution in [0.5, 0.6) is 0 Å². The number of primary amides is 1. The molecule has 2 aliphatic carbocycles. The maximum absolute atomic E-state index is 12.7. The summed E-state index contributed by atoms with van der Waals surface area (Å²) in [5.41, 5.74) is 13.3. The maximum Gasteiger partial charge on any atom is 0.269 e. The highest BCUT2D eigenvalue weighted by molar-refractivity contribution is 5.93. The number of hydrogen-bond acceptors (Lipinski definition) is 4. The highest BCUT2D eigenvalue weighted by atomic mass is 35.5. The molecular formula is C20H26ClN5O2. The summed E-state index contributed by atoms with van der Waals surface area (Å²) < 4.78 is 1.58. The number of nitrogens with two attached hydrogens (primary N) is 2. The number of hydrogen-bond donors (Lipinski definition) is 3. The van der Waals surface area contributed by atoms with Gasteiger partial charge in [-0.2, -0.15) is 5.10 Å². The van der Waals surface area contributed by atoms with Crippen molar-refractivity contribution >= 4 is 29.9 Å². The normalized spacial score (nSPS) is 26.2. The molecule has 2 bridgehead atoms. The fraction of sp³-hybridized carbons (Fsp3) is 0.450. The Bertz CT molecular complexity index is 837. The number of nitrogens with one attached hydrogen (secondary N) is 1. The van der Waals surface area contributed by atoms with Crippen LogP contribution in [0, 0.1) is 17.8 Å². The van der Waals surface area contributed by atoms with Gasteiger partial charge in [0.2, 0.25) is 5.91 Å². The van der Waals surface area contributed by atoms with E-state index in [9.17, 15) is 9.59 Å². The third-order valence-electron chi connectivity index (χ3n) is 6.02. The van der Waals surface area contributed by atoms with Gasteiger partial charge >= 0.3 is 0 Å². The van der Waals surface area contributed by atoms with Crippen molar-refractivity contribution in [2.24, 2.45) is 29.2 Å². The number of anilines is 1. The van der Waals surface area contributed by atoms with Gasteiger partial charge < -0.3 is 16.8 Å². The molecule has 1 aromatic heterocycles. The molecule has 0 radical (unpaired) electrons. The van der Waals surface area contributed by atoms with Crippen molar-refractivity contribution in [3.8, 4) is 5.69 Å². The predicted molar refractivity (Wildman–Crippen MR) is 109 cm³/mol. The van der Waals surface area contributed by atoms with Crippen LogP contribution < -0.4 is 16.8 Å². The Morgan fingerprint density at radius 1 is 1.07 bits per heavy atom. The summed E-state index contributed by atoms with van der Waals surface area (Å²) in [5, 5.41) is 7.16. The van der Waals surface area contributed by atoms with E-state index in [1.807, 2.05) is 24.3 Å². The second-order valence-electron chi connectivity index (χ2n) is 7.74. The lowest BCUT2D eigenvalue weighted by molar-refractivity contribution is -0.122. The summed E-state index contributed by atoms with van der Waals surface area (Å²) in [4.78, 5) is 23.9. The number of benzene rings is 1. The molecule has 150 valence electrons. The van der Waals surface area contributed by atoms with Crippen LogP contribution in [0.25, 0.3) is 5.69 Å². The molecule has 2 amide bonds. The molecule has 0 aliphatic heterocycles. The highest BCUT2D eigenvalue weighted by Gasteiger charge is 2.40. The zero-order valence-electron chi connectivity index (χ0n) is 15.6. The Hall–Kier alpha value is -2.38. The second kappa shape index (κ2) is 8.32. The Kier molecular flexibility index (Phi) is 6.05. The lowest BCUT2D eigenvalue weighted by atomic mass is 9.65. The summed E-state index contributed by atoms with van der Waals surface area (Å²) in [6.45, 7) is 0. The molecule has 1 heterocycles. The Balaban J connectivity index is 0.00000225. The minimum atomic E-state index is -0.561. The Morgan fingerprint density at radius 3 is 2.29 bits per heavy atom. The van der Waals surface area contributed by atoms with Crippen LogP contribution in [-0.4, -0.2) is 27.6 Å². The number of carbonyl (C=O) groups is 2. The first kappa shape index (κ1) is 20.4. The molecule has 7 nitrogen and oxygen atoms in total. The zero-order valence-corrected chi connectivity index (χ0v) is 16.4. The smallest absolute Gasteiger partial charge is 0.269 e. The van der Waals surface area contributed by atoms with E-state index in [1.54, 1.807) is 16.9 Å². The molecule has 4 rings (SSSR count). The topological polar surface area (TPSA) is 116 Å². The van der Waals surface area contributed by atoms with Gasteiger partial charge in [0, 0.05) is 23.8 Å². The largest absolute Gasteiger partial charge is 0.364 e. The van der Waals surface area contributed by atoms with Crippen molar-refractivity contribution in [2.45, 2.75) is 38.1 Å². The third-order valence-corrected chi connectivity index (χ3v) is 6.02. The van der Waals surface area contributed by atoms with E-state index in [1.165, 1.54) is 6.42 Å². The average Bonchev–Trinajstić information content (AvgIpc) is 3.12. The molecular weight excluding hydrogens is 378 g/mol. The van der Waals surface area contributed by atoms with Crippen LogP contribution in [0.4, 0.5) is 5.69 Å². The SMILES string of the molecule is Cl.NC(=O)c1ccn(-c2ccc(NC(=O)C3CC4CCCC(C3)C4N)cc2)n1. The molecule has 2 saturated carbocycles. The van der Waals surface area contributed by atoms with Crippen LogP contribution >= 0.6 is 12.4 Å². The van der Waals surface area contributed by atoms with Gasteiger partial charge in [0.1, 0.15) is 5.69 Å². The van der Waals surface area contributed by atoms with E-state index < -0.39 is 5.91 Å². The van der Waals surface area contributed by atoms with E-state index in [0.29, 0.717) is 11.8 Å². The maximum atomic E-state index is 12.7. The number of halogens is 1. The lowest BCUT2D eigenvalue weighted by Gasteiger charge is -2.43. The molecule has 2 aliphatic rings. The highest BCUT2D eigenvalue weighted by Crippen LogP contribution is 2.42. The molecule has 28 heavy (non-hydrogen) atoms. The first-order chi connectivity index (χ1) is 13.0. The van der Waals surface area contributed by atoms with Crippen molar-refractivity contribution in [3.05, 3.63) is 42.2 Å². The first-order valence-corrected chi connectivity index (χ1v) is 9.53. The number of rotatable bonds is 4. The molecule has 5 N–H and O–H groups in total. The van der Waals surface area contributed by atoms with Gasteiger partial charge in [-0.1, -0.05) is 6.42 Å². The number of nitrogens with zero attached hydrogens (tertiary/aromatic N) is 2. The Morgan fingerprint density at radius 2 is 1.71 bits per heavy atom. The van der Waals surface area contributed by atoms with Gasteiger partial charge in [-0.05, 0) is 67.9 Å². The predicted octanol–water partition coefficient (Wildman–Crippen LogP) is 2.49. The van der Waals surface area contributed by atoms with Gasteiger partial charge in [-0.25, -0.2) is 4.68 Å². The number of carbonyl (C=O) groups excluding carboxylic acids is 2. The lowest BCUT2D eigenvalue weighted by Crippen LogP contribution is -2.48. The van der Waals surface area contributed by atoms with Crippen LogP contribution in [0.15, 0.2) is 36.5 Å². The quantitative estimate of drug-likeness (QED) is 0.727. The van der Waals surface area contributed by atoms with Crippen molar-refractivity contribution in [2.75, 3.05) is 5.32 Å². The van der Waals surface area contributed by atoms with Crippen molar-refractivity contribution in [1.82, 2.24) is 9.78 Å². The van der Waals surface area contributed by atoms with E-state index in [2.05, 4.69) is 10.4 Å². The van der Waals surface area contributed by atoms with Gasteiger partial charge in [-0.3, -0.25) is 9.59 Å². The molecule has 0 saturated heterocycles. The summed E-state index contributed by atoms with van der Waals surface area (Å²) in [7, 11) is 0. The van der Waals surface area contributed by atoms with Gasteiger partial charge in [0.15, 0.2) is 0 Å². The van der Waals surface area contributed by atoms with Gasteiger partial charge in [0.25, 0.3) is 5.91 Å². The molecule has 8 heteroatoms. The number of fused-ring (bicyclic) bond motifs is 2. The van der Waals surface area contributed by atoms with Crippen molar-refractivity contribution in [1.29, 1.82) is 0 Å². The molecule has 0 spiro atoms. The monoisotopic (exact) mass is 403 g/mol. The van der Waals surface area contributed by atoms with Crippen LogP contribution in [0.3, 0.4) is 0 Å². The average molecular weight is 404 g/mol. The molecule has 2 aromatic rings. The first-order valence-electron chi connectivity index (χ1n) is 9.53. The van der Waals surface area contributed by atoms with Gasteiger partial charge in [0.05, 0.1) is 5.69 Å². The van der Waals surface area contributed by atoms with Crippen LogP contribution in [0.2, 0.25) is 0 Å².